The summed E-state index contributed by atoms with van der Waals surface area (Å²) >= 11 is 0. The molecule has 0 N–H and O–H groups in total. The van der Waals surface area contributed by atoms with E-state index in [1.807, 2.05) is 48.5 Å². The number of benzene rings is 4. The molecule has 7 heteroatoms. The lowest BCUT2D eigenvalue weighted by Crippen LogP contribution is -2.15. The first kappa shape index (κ1) is 21.4. The summed E-state index contributed by atoms with van der Waals surface area (Å²) in [5.41, 5.74) is 4.65. The first-order valence-electron chi connectivity index (χ1n) is 12.0. The molecule has 1 aliphatic heterocycles. The summed E-state index contributed by atoms with van der Waals surface area (Å²) in [4.78, 5) is 9.64. The fourth-order valence-corrected chi connectivity index (χ4v) is 5.10. The molecule has 7 rings (SSSR count). The number of hydrogen-bond donors (Lipinski definition) is 0. The van der Waals surface area contributed by atoms with E-state index >= 15 is 0 Å². The topological polar surface area (TPSA) is 70.8 Å². The Morgan fingerprint density at radius 2 is 1.51 bits per heavy atom. The van der Waals surface area contributed by atoms with Crippen LogP contribution in [0.3, 0.4) is 0 Å². The van der Waals surface area contributed by atoms with Crippen LogP contribution in [-0.4, -0.2) is 33.8 Å². The minimum atomic E-state index is -0.167. The quantitative estimate of drug-likeness (QED) is 0.293. The number of aromatic nitrogens is 4. The van der Waals surface area contributed by atoms with Crippen molar-refractivity contribution >= 4 is 16.4 Å². The Labute approximate surface area is 212 Å². The summed E-state index contributed by atoms with van der Waals surface area (Å²) in [6.07, 6.45) is 1.66. The van der Waals surface area contributed by atoms with Gasteiger partial charge in [0.1, 0.15) is 23.6 Å². The van der Waals surface area contributed by atoms with Gasteiger partial charge in [-0.25, -0.2) is 14.5 Å². The molecule has 0 radical (unpaired) electrons. The van der Waals surface area contributed by atoms with Crippen molar-refractivity contribution in [2.24, 2.45) is 0 Å². The fraction of sp³-hybridized carbons (Fsp3) is 0.100. The molecule has 0 bridgehead atoms. The molecule has 2 aromatic heterocycles. The SMILES string of the molecule is COc1ccc(-c2nc3c4c(ncn3n2)Oc2ccc3ccccc3c2C4c2ccc(OC)cc2)cc1. The molecule has 1 unspecified atom stereocenters. The molecule has 37 heavy (non-hydrogen) atoms. The Hall–Kier alpha value is -4.91. The molecule has 1 aliphatic rings. The van der Waals surface area contributed by atoms with Crippen molar-refractivity contribution in [2.45, 2.75) is 5.92 Å². The summed E-state index contributed by atoms with van der Waals surface area (Å²) in [6.45, 7) is 0. The standard InChI is InChI=1S/C30H22N4O3/c1-35-21-12-7-19(8-13-21)25-26-23-6-4-3-5-18(23)11-16-24(26)37-30-27(25)29-32-28(33-34(29)17-31-30)20-9-14-22(36-2)15-10-20/h3-17,25H,1-2H3. The molecule has 1 atom stereocenters. The van der Waals surface area contributed by atoms with Crippen LogP contribution in [0.1, 0.15) is 22.6 Å². The highest BCUT2D eigenvalue weighted by molar-refractivity contribution is 5.91. The van der Waals surface area contributed by atoms with Crippen molar-refractivity contribution in [2.75, 3.05) is 14.2 Å². The van der Waals surface area contributed by atoms with Gasteiger partial charge < -0.3 is 14.2 Å². The van der Waals surface area contributed by atoms with E-state index in [0.717, 1.165) is 50.3 Å². The largest absolute Gasteiger partial charge is 0.497 e. The average Bonchev–Trinajstić information content (AvgIpc) is 3.41. The summed E-state index contributed by atoms with van der Waals surface area (Å²) in [5.74, 6) is 3.34. The fourth-order valence-electron chi connectivity index (χ4n) is 5.10. The Morgan fingerprint density at radius 3 is 2.27 bits per heavy atom. The minimum Gasteiger partial charge on any atom is -0.497 e. The van der Waals surface area contributed by atoms with Gasteiger partial charge in [0.2, 0.25) is 5.88 Å². The van der Waals surface area contributed by atoms with Crippen LogP contribution in [0.2, 0.25) is 0 Å². The van der Waals surface area contributed by atoms with E-state index in [2.05, 4.69) is 41.4 Å². The van der Waals surface area contributed by atoms with Gasteiger partial charge in [0.15, 0.2) is 11.5 Å². The number of rotatable bonds is 4. The van der Waals surface area contributed by atoms with Crippen LogP contribution in [0.15, 0.2) is 91.3 Å². The predicted octanol–water partition coefficient (Wildman–Crippen LogP) is 6.25. The van der Waals surface area contributed by atoms with Gasteiger partial charge in [0.25, 0.3) is 0 Å². The third-order valence-corrected chi connectivity index (χ3v) is 6.90. The van der Waals surface area contributed by atoms with Crippen molar-refractivity contribution in [1.29, 1.82) is 0 Å². The van der Waals surface area contributed by atoms with Crippen LogP contribution in [0.4, 0.5) is 0 Å². The summed E-state index contributed by atoms with van der Waals surface area (Å²) in [6, 6.07) is 28.3. The number of nitrogens with zero attached hydrogens (tertiary/aromatic N) is 4. The molecule has 7 nitrogen and oxygen atoms in total. The third-order valence-electron chi connectivity index (χ3n) is 6.90. The number of ether oxygens (including phenoxy) is 3. The summed E-state index contributed by atoms with van der Waals surface area (Å²) in [7, 11) is 3.32. The first-order valence-corrected chi connectivity index (χ1v) is 12.0. The van der Waals surface area contributed by atoms with Gasteiger partial charge in [0, 0.05) is 17.0 Å². The Kier molecular flexibility index (Phi) is 4.82. The second kappa shape index (κ2) is 8.34. The van der Waals surface area contributed by atoms with Crippen LogP contribution in [0.5, 0.6) is 23.1 Å². The maximum atomic E-state index is 6.40. The molecular formula is C30H22N4O3. The van der Waals surface area contributed by atoms with E-state index < -0.39 is 0 Å². The molecule has 0 saturated carbocycles. The normalized spacial score (nSPS) is 14.2. The average molecular weight is 487 g/mol. The molecule has 0 fully saturated rings. The van der Waals surface area contributed by atoms with Gasteiger partial charge in [0.05, 0.1) is 19.8 Å². The van der Waals surface area contributed by atoms with Gasteiger partial charge in [-0.05, 0) is 58.8 Å². The smallest absolute Gasteiger partial charge is 0.228 e. The highest BCUT2D eigenvalue weighted by Gasteiger charge is 2.34. The molecule has 0 amide bonds. The Balaban J connectivity index is 1.49. The Morgan fingerprint density at radius 1 is 0.784 bits per heavy atom. The van der Waals surface area contributed by atoms with Crippen LogP contribution in [0, 0.1) is 0 Å². The lowest BCUT2D eigenvalue weighted by atomic mass is 9.81. The van der Waals surface area contributed by atoms with E-state index in [1.54, 1.807) is 25.1 Å². The van der Waals surface area contributed by atoms with Crippen molar-refractivity contribution in [1.82, 2.24) is 19.6 Å². The van der Waals surface area contributed by atoms with Crippen LogP contribution in [0.25, 0.3) is 27.8 Å². The van der Waals surface area contributed by atoms with E-state index in [9.17, 15) is 0 Å². The second-order valence-corrected chi connectivity index (χ2v) is 8.90. The zero-order valence-corrected chi connectivity index (χ0v) is 20.3. The Bertz CT molecular complexity index is 1780. The second-order valence-electron chi connectivity index (χ2n) is 8.90. The third kappa shape index (κ3) is 3.39. The molecule has 6 aromatic rings. The van der Waals surface area contributed by atoms with E-state index in [-0.39, 0.29) is 5.92 Å². The predicted molar refractivity (Wildman–Crippen MR) is 141 cm³/mol. The maximum Gasteiger partial charge on any atom is 0.228 e. The van der Waals surface area contributed by atoms with E-state index in [1.165, 1.54) is 0 Å². The van der Waals surface area contributed by atoms with Crippen molar-refractivity contribution < 1.29 is 14.2 Å². The molecule has 180 valence electrons. The maximum absolute atomic E-state index is 6.40. The summed E-state index contributed by atoms with van der Waals surface area (Å²) in [5, 5.41) is 7.02. The van der Waals surface area contributed by atoms with Gasteiger partial charge in [-0.15, -0.1) is 5.10 Å². The monoisotopic (exact) mass is 486 g/mol. The van der Waals surface area contributed by atoms with Crippen molar-refractivity contribution in [3.05, 3.63) is 108 Å². The lowest BCUT2D eigenvalue weighted by Gasteiger charge is -2.29. The van der Waals surface area contributed by atoms with Crippen molar-refractivity contribution in [3.8, 4) is 34.5 Å². The van der Waals surface area contributed by atoms with Crippen molar-refractivity contribution in [3.63, 3.8) is 0 Å². The van der Waals surface area contributed by atoms with Crippen LogP contribution < -0.4 is 14.2 Å². The van der Waals surface area contributed by atoms with Crippen LogP contribution in [-0.2, 0) is 0 Å². The minimum absolute atomic E-state index is 0.167. The number of hydrogen-bond acceptors (Lipinski definition) is 6. The molecule has 0 saturated heterocycles. The van der Waals surface area contributed by atoms with Gasteiger partial charge in [-0.1, -0.05) is 42.5 Å². The highest BCUT2D eigenvalue weighted by atomic mass is 16.5. The number of fused-ring (bicyclic) bond motifs is 6. The van der Waals surface area contributed by atoms with Gasteiger partial charge in [-0.3, -0.25) is 0 Å². The molecule has 3 heterocycles. The summed E-state index contributed by atoms with van der Waals surface area (Å²) < 4.78 is 18.9. The van der Waals surface area contributed by atoms with Crippen LogP contribution >= 0.6 is 0 Å². The number of methoxy groups -OCH3 is 2. The molecule has 0 spiro atoms. The lowest BCUT2D eigenvalue weighted by molar-refractivity contribution is 0.414. The van der Waals surface area contributed by atoms with Gasteiger partial charge >= 0.3 is 0 Å². The van der Waals surface area contributed by atoms with Gasteiger partial charge in [-0.2, -0.15) is 0 Å². The van der Waals surface area contributed by atoms with E-state index in [0.29, 0.717) is 17.4 Å². The zero-order valence-electron chi connectivity index (χ0n) is 20.3. The zero-order chi connectivity index (χ0) is 24.9. The molecule has 0 aliphatic carbocycles. The van der Waals surface area contributed by atoms with E-state index in [4.69, 9.17) is 24.3 Å². The highest BCUT2D eigenvalue weighted by Crippen LogP contribution is 2.50. The molecule has 4 aromatic carbocycles. The molecular weight excluding hydrogens is 464 g/mol. The first-order chi connectivity index (χ1) is 18.2.